The Morgan fingerprint density at radius 3 is 2.47 bits per heavy atom. The summed E-state index contributed by atoms with van der Waals surface area (Å²) in [5.41, 5.74) is 5.56. The maximum atomic E-state index is 12.3. The van der Waals surface area contributed by atoms with Crippen LogP contribution in [0.3, 0.4) is 0 Å². The van der Waals surface area contributed by atoms with Crippen LogP contribution in [0.5, 0.6) is 11.5 Å². The SMILES string of the molecule is C=C(CO)CCOc1cc(-c2ccc(C3CCC(CCCCF)CC3)c(C)c2)ccc1O. The fraction of sp³-hybridized carbons (Fsp3) is 0.500. The minimum absolute atomic E-state index is 0.0538. The molecule has 1 aliphatic carbocycles. The van der Waals surface area contributed by atoms with Crippen molar-refractivity contribution in [2.45, 2.75) is 64.2 Å². The number of aliphatic hydroxyl groups excluding tert-OH is 1. The van der Waals surface area contributed by atoms with Crippen LogP contribution in [-0.4, -0.2) is 30.1 Å². The van der Waals surface area contributed by atoms with Gasteiger partial charge in [0, 0.05) is 6.42 Å². The summed E-state index contributed by atoms with van der Waals surface area (Å²) >= 11 is 0. The van der Waals surface area contributed by atoms with Crippen LogP contribution in [-0.2, 0) is 0 Å². The van der Waals surface area contributed by atoms with Gasteiger partial charge in [-0.3, -0.25) is 4.39 Å². The molecule has 2 N–H and O–H groups in total. The summed E-state index contributed by atoms with van der Waals surface area (Å²) in [5.74, 6) is 1.93. The first-order chi connectivity index (χ1) is 15.5. The molecule has 0 atom stereocenters. The Hall–Kier alpha value is -2.33. The summed E-state index contributed by atoms with van der Waals surface area (Å²) in [5, 5.41) is 19.2. The monoisotopic (exact) mass is 440 g/mol. The Balaban J connectivity index is 1.64. The van der Waals surface area contributed by atoms with E-state index in [1.165, 1.54) is 43.2 Å². The van der Waals surface area contributed by atoms with Crippen LogP contribution in [0.25, 0.3) is 11.1 Å². The number of rotatable bonds is 11. The molecule has 0 saturated heterocycles. The Labute approximate surface area is 191 Å². The molecular formula is C28H37FO3. The summed E-state index contributed by atoms with van der Waals surface area (Å²) in [6.07, 6.45) is 8.39. The van der Waals surface area contributed by atoms with Gasteiger partial charge in [-0.15, -0.1) is 0 Å². The molecule has 0 radical (unpaired) electrons. The topological polar surface area (TPSA) is 49.7 Å². The quantitative estimate of drug-likeness (QED) is 0.289. The first-order valence-corrected chi connectivity index (χ1v) is 11.9. The van der Waals surface area contributed by atoms with Gasteiger partial charge in [0.1, 0.15) is 0 Å². The number of alkyl halides is 1. The van der Waals surface area contributed by atoms with Crippen molar-refractivity contribution in [2.24, 2.45) is 5.92 Å². The molecule has 1 fully saturated rings. The van der Waals surface area contributed by atoms with Crippen LogP contribution < -0.4 is 4.74 Å². The highest BCUT2D eigenvalue weighted by atomic mass is 19.1. The normalized spacial score (nSPS) is 18.5. The van der Waals surface area contributed by atoms with Gasteiger partial charge in [0.2, 0.25) is 0 Å². The van der Waals surface area contributed by atoms with Crippen molar-refractivity contribution in [1.82, 2.24) is 0 Å². The van der Waals surface area contributed by atoms with Crippen molar-refractivity contribution >= 4 is 0 Å². The van der Waals surface area contributed by atoms with Crippen LogP contribution in [0.4, 0.5) is 4.39 Å². The molecule has 2 aromatic carbocycles. The van der Waals surface area contributed by atoms with Gasteiger partial charge in [-0.25, -0.2) is 0 Å². The third-order valence-electron chi connectivity index (χ3n) is 6.78. The predicted octanol–water partition coefficient (Wildman–Crippen LogP) is 7.10. The average molecular weight is 441 g/mol. The molecule has 4 heteroatoms. The number of phenols is 1. The van der Waals surface area contributed by atoms with E-state index in [1.54, 1.807) is 6.07 Å². The van der Waals surface area contributed by atoms with Gasteiger partial charge in [-0.05, 0) is 90.8 Å². The highest BCUT2D eigenvalue weighted by molar-refractivity contribution is 5.68. The first kappa shape index (κ1) is 24.3. The van der Waals surface area contributed by atoms with Crippen molar-refractivity contribution in [3.63, 3.8) is 0 Å². The maximum absolute atomic E-state index is 12.3. The van der Waals surface area contributed by atoms with Gasteiger partial charge in [-0.2, -0.15) is 0 Å². The highest BCUT2D eigenvalue weighted by Crippen LogP contribution is 2.40. The molecule has 3 rings (SSSR count). The van der Waals surface area contributed by atoms with E-state index < -0.39 is 0 Å². The summed E-state index contributed by atoms with van der Waals surface area (Å²) in [6, 6.07) is 12.1. The fourth-order valence-corrected chi connectivity index (χ4v) is 4.80. The molecule has 1 aliphatic rings. The van der Waals surface area contributed by atoms with E-state index in [9.17, 15) is 9.50 Å². The van der Waals surface area contributed by atoms with E-state index in [4.69, 9.17) is 9.84 Å². The standard InChI is InChI=1S/C28H37FO3/c1-20(19-30)14-16-32-28-18-25(11-13-27(28)31)24-10-12-26(21(2)17-24)23-8-6-22(7-9-23)5-3-4-15-29/h10-13,17-18,22-23,30-31H,1,3-9,14-16,19H2,2H3. The smallest absolute Gasteiger partial charge is 0.161 e. The molecule has 0 unspecified atom stereocenters. The summed E-state index contributed by atoms with van der Waals surface area (Å²) < 4.78 is 18.1. The van der Waals surface area contributed by atoms with Gasteiger partial charge < -0.3 is 14.9 Å². The number of benzene rings is 2. The zero-order valence-electron chi connectivity index (χ0n) is 19.3. The molecule has 0 aliphatic heterocycles. The lowest BCUT2D eigenvalue weighted by atomic mass is 9.76. The average Bonchev–Trinajstić information content (AvgIpc) is 2.81. The molecule has 0 aromatic heterocycles. The predicted molar refractivity (Wildman–Crippen MR) is 129 cm³/mol. The number of unbranched alkanes of at least 4 members (excludes halogenated alkanes) is 1. The summed E-state index contributed by atoms with van der Waals surface area (Å²) in [6.45, 7) is 6.07. The Kier molecular flexibility index (Phi) is 9.16. The van der Waals surface area contributed by atoms with Gasteiger partial charge in [0.25, 0.3) is 0 Å². The third-order valence-corrected chi connectivity index (χ3v) is 6.78. The molecule has 0 heterocycles. The summed E-state index contributed by atoms with van der Waals surface area (Å²) in [4.78, 5) is 0. The highest BCUT2D eigenvalue weighted by Gasteiger charge is 2.23. The van der Waals surface area contributed by atoms with E-state index in [-0.39, 0.29) is 19.0 Å². The van der Waals surface area contributed by atoms with Crippen molar-refractivity contribution in [1.29, 1.82) is 0 Å². The number of aromatic hydroxyl groups is 1. The van der Waals surface area contributed by atoms with Gasteiger partial charge in [0.15, 0.2) is 11.5 Å². The van der Waals surface area contributed by atoms with Crippen LogP contribution in [0, 0.1) is 12.8 Å². The summed E-state index contributed by atoms with van der Waals surface area (Å²) in [7, 11) is 0. The second-order valence-corrected chi connectivity index (χ2v) is 9.16. The van der Waals surface area contributed by atoms with Gasteiger partial charge in [-0.1, -0.05) is 43.7 Å². The third kappa shape index (κ3) is 6.59. The second-order valence-electron chi connectivity index (χ2n) is 9.16. The zero-order chi connectivity index (χ0) is 22.9. The van der Waals surface area contributed by atoms with E-state index >= 15 is 0 Å². The van der Waals surface area contributed by atoms with Gasteiger partial charge >= 0.3 is 0 Å². The minimum atomic E-state index is -0.186. The van der Waals surface area contributed by atoms with E-state index in [1.807, 2.05) is 12.1 Å². The minimum Gasteiger partial charge on any atom is -0.504 e. The Bertz CT molecular complexity index is 884. The van der Waals surface area contributed by atoms with Crippen molar-refractivity contribution < 1.29 is 19.3 Å². The molecule has 2 aromatic rings. The molecule has 174 valence electrons. The first-order valence-electron chi connectivity index (χ1n) is 11.9. The molecule has 0 bridgehead atoms. The lowest BCUT2D eigenvalue weighted by molar-refractivity contribution is 0.284. The van der Waals surface area contributed by atoms with Crippen LogP contribution in [0.2, 0.25) is 0 Å². The maximum Gasteiger partial charge on any atom is 0.161 e. The molecule has 1 saturated carbocycles. The molecule has 0 amide bonds. The van der Waals surface area contributed by atoms with E-state index in [0.717, 1.165) is 23.5 Å². The number of halogens is 1. The number of aryl methyl sites for hydroxylation is 1. The number of aliphatic hydroxyl groups is 1. The second kappa shape index (κ2) is 12.1. The van der Waals surface area contributed by atoms with Crippen LogP contribution in [0.15, 0.2) is 48.6 Å². The molecule has 3 nitrogen and oxygen atoms in total. The Morgan fingerprint density at radius 2 is 1.78 bits per heavy atom. The molecular weight excluding hydrogens is 403 g/mol. The zero-order valence-corrected chi connectivity index (χ0v) is 19.3. The van der Waals surface area contributed by atoms with Crippen molar-refractivity contribution in [2.75, 3.05) is 19.9 Å². The number of hydrogen-bond acceptors (Lipinski definition) is 3. The van der Waals surface area contributed by atoms with Gasteiger partial charge in [0.05, 0.1) is 19.9 Å². The van der Waals surface area contributed by atoms with Crippen LogP contribution >= 0.6 is 0 Å². The lowest BCUT2D eigenvalue weighted by Crippen LogP contribution is -2.14. The van der Waals surface area contributed by atoms with E-state index in [0.29, 0.717) is 36.7 Å². The van der Waals surface area contributed by atoms with Crippen molar-refractivity contribution in [3.05, 3.63) is 59.7 Å². The fourth-order valence-electron chi connectivity index (χ4n) is 4.80. The largest absolute Gasteiger partial charge is 0.504 e. The number of phenolic OH excluding ortho intramolecular Hbond substituents is 1. The van der Waals surface area contributed by atoms with E-state index in [2.05, 4.69) is 31.7 Å². The van der Waals surface area contributed by atoms with Crippen molar-refractivity contribution in [3.8, 4) is 22.6 Å². The number of hydrogen-bond donors (Lipinski definition) is 2. The molecule has 32 heavy (non-hydrogen) atoms. The number of ether oxygens (including phenoxy) is 1. The molecule has 0 spiro atoms. The Morgan fingerprint density at radius 1 is 1.06 bits per heavy atom. The van der Waals surface area contributed by atoms with Crippen LogP contribution in [0.1, 0.15) is 68.4 Å². The lowest BCUT2D eigenvalue weighted by Gasteiger charge is -2.30.